The Labute approximate surface area is 143 Å². The van der Waals surface area contributed by atoms with Crippen LogP contribution < -0.4 is 5.32 Å². The van der Waals surface area contributed by atoms with Gasteiger partial charge in [-0.1, -0.05) is 30.3 Å². The van der Waals surface area contributed by atoms with Crippen LogP contribution in [0.25, 0.3) is 10.6 Å². The first-order valence-corrected chi connectivity index (χ1v) is 8.59. The maximum atomic E-state index is 12.3. The van der Waals surface area contributed by atoms with E-state index in [2.05, 4.69) is 10.3 Å². The summed E-state index contributed by atoms with van der Waals surface area (Å²) in [5.74, 6) is -1.24. The van der Waals surface area contributed by atoms with Gasteiger partial charge < -0.3 is 15.2 Å². The van der Waals surface area contributed by atoms with Crippen LogP contribution in [-0.4, -0.2) is 41.7 Å². The molecule has 1 fully saturated rings. The molecule has 1 aromatic heterocycles. The number of aliphatic carboxylic acids is 1. The highest BCUT2D eigenvalue weighted by molar-refractivity contribution is 7.13. The molecule has 126 valence electrons. The number of hydrogen-bond acceptors (Lipinski definition) is 5. The molecule has 0 unspecified atom stereocenters. The number of rotatable bonds is 5. The normalized spacial score (nSPS) is 16.5. The van der Waals surface area contributed by atoms with Gasteiger partial charge in [-0.15, -0.1) is 11.3 Å². The lowest BCUT2D eigenvalue weighted by atomic mass is 9.80. The first-order chi connectivity index (χ1) is 11.6. The summed E-state index contributed by atoms with van der Waals surface area (Å²) < 4.78 is 5.23. The Morgan fingerprint density at radius 2 is 1.96 bits per heavy atom. The van der Waals surface area contributed by atoms with Crippen molar-refractivity contribution in [2.24, 2.45) is 5.41 Å². The molecule has 0 atom stereocenters. The molecule has 0 spiro atoms. The van der Waals surface area contributed by atoms with Gasteiger partial charge in [-0.05, 0) is 12.8 Å². The van der Waals surface area contributed by atoms with Gasteiger partial charge in [-0.3, -0.25) is 9.59 Å². The molecule has 1 aliphatic rings. The van der Waals surface area contributed by atoms with Crippen LogP contribution in [-0.2, 0) is 9.53 Å². The van der Waals surface area contributed by atoms with Gasteiger partial charge in [0.25, 0.3) is 5.91 Å². The number of nitrogens with zero attached hydrogens (tertiary/aromatic N) is 1. The number of carboxylic acid groups (broad SMARTS) is 1. The predicted octanol–water partition coefficient (Wildman–Crippen LogP) is 2.42. The molecule has 2 aromatic rings. The molecule has 1 saturated heterocycles. The van der Waals surface area contributed by atoms with E-state index >= 15 is 0 Å². The Morgan fingerprint density at radius 1 is 1.25 bits per heavy atom. The van der Waals surface area contributed by atoms with Crippen LogP contribution >= 0.6 is 11.3 Å². The summed E-state index contributed by atoms with van der Waals surface area (Å²) in [6, 6.07) is 9.62. The summed E-state index contributed by atoms with van der Waals surface area (Å²) >= 11 is 1.39. The number of carbonyl (C=O) groups excluding carboxylic acids is 1. The SMILES string of the molecule is O=C(NCC1(C(=O)O)CCOCC1)c1csc(-c2ccccc2)n1. The van der Waals surface area contributed by atoms with Gasteiger partial charge in [-0.2, -0.15) is 0 Å². The second-order valence-corrected chi connectivity index (χ2v) is 6.64. The highest BCUT2D eigenvalue weighted by atomic mass is 32.1. The van der Waals surface area contributed by atoms with Gasteiger partial charge in [0.1, 0.15) is 10.7 Å². The number of hydrogen-bond donors (Lipinski definition) is 2. The van der Waals surface area contributed by atoms with E-state index < -0.39 is 11.4 Å². The molecular weight excluding hydrogens is 328 g/mol. The lowest BCUT2D eigenvalue weighted by molar-refractivity contribution is -0.154. The molecule has 1 aromatic carbocycles. The average molecular weight is 346 g/mol. The second kappa shape index (κ2) is 7.11. The standard InChI is InChI=1S/C17H18N2O4S/c20-14(18-11-17(16(21)22)6-8-23-9-7-17)13-10-24-15(19-13)12-4-2-1-3-5-12/h1-5,10H,6-9,11H2,(H,18,20)(H,21,22). The van der Waals surface area contributed by atoms with Crippen LogP contribution in [0.5, 0.6) is 0 Å². The Morgan fingerprint density at radius 3 is 2.62 bits per heavy atom. The summed E-state index contributed by atoms with van der Waals surface area (Å²) in [5.41, 5.74) is 0.311. The van der Waals surface area contributed by atoms with Gasteiger partial charge in [0.2, 0.25) is 0 Å². The third-order valence-electron chi connectivity index (χ3n) is 4.25. The van der Waals surface area contributed by atoms with Crippen molar-refractivity contribution in [2.45, 2.75) is 12.8 Å². The van der Waals surface area contributed by atoms with Gasteiger partial charge >= 0.3 is 5.97 Å². The van der Waals surface area contributed by atoms with Crippen molar-refractivity contribution < 1.29 is 19.4 Å². The van der Waals surface area contributed by atoms with Crippen LogP contribution in [0.1, 0.15) is 23.3 Å². The molecule has 0 saturated carbocycles. The monoisotopic (exact) mass is 346 g/mol. The molecule has 24 heavy (non-hydrogen) atoms. The van der Waals surface area contributed by atoms with Crippen LogP contribution in [0.2, 0.25) is 0 Å². The zero-order chi connectivity index (χ0) is 17.0. The van der Waals surface area contributed by atoms with Crippen molar-refractivity contribution >= 4 is 23.2 Å². The lowest BCUT2D eigenvalue weighted by Gasteiger charge is -2.32. The number of carbonyl (C=O) groups is 2. The second-order valence-electron chi connectivity index (χ2n) is 5.78. The number of amides is 1. The van der Waals surface area contributed by atoms with E-state index in [1.54, 1.807) is 5.38 Å². The highest BCUT2D eigenvalue weighted by Crippen LogP contribution is 2.30. The Bertz CT molecular complexity index is 723. The van der Waals surface area contributed by atoms with E-state index in [0.29, 0.717) is 31.7 Å². The number of nitrogens with one attached hydrogen (secondary N) is 1. The molecule has 1 amide bonds. The van der Waals surface area contributed by atoms with E-state index in [1.165, 1.54) is 11.3 Å². The first kappa shape index (κ1) is 16.6. The largest absolute Gasteiger partial charge is 0.481 e. The fourth-order valence-corrected chi connectivity index (χ4v) is 3.47. The predicted molar refractivity (Wildman–Crippen MR) is 90.0 cm³/mol. The number of carboxylic acids is 1. The molecule has 2 heterocycles. The first-order valence-electron chi connectivity index (χ1n) is 7.71. The molecule has 1 aliphatic heterocycles. The molecule has 0 bridgehead atoms. The average Bonchev–Trinajstić information content (AvgIpc) is 3.11. The molecule has 6 nitrogen and oxygen atoms in total. The zero-order valence-corrected chi connectivity index (χ0v) is 13.8. The van der Waals surface area contributed by atoms with Crippen molar-refractivity contribution in [3.63, 3.8) is 0 Å². The summed E-state index contributed by atoms with van der Waals surface area (Å²) in [5, 5.41) is 14.7. The minimum Gasteiger partial charge on any atom is -0.481 e. The Hall–Kier alpha value is -2.25. The van der Waals surface area contributed by atoms with Gasteiger partial charge in [0.05, 0.1) is 5.41 Å². The maximum Gasteiger partial charge on any atom is 0.311 e. The third kappa shape index (κ3) is 3.47. The third-order valence-corrected chi connectivity index (χ3v) is 5.14. The molecule has 0 aliphatic carbocycles. The van der Waals surface area contributed by atoms with Crippen molar-refractivity contribution in [1.82, 2.24) is 10.3 Å². The summed E-state index contributed by atoms with van der Waals surface area (Å²) in [4.78, 5) is 28.2. The van der Waals surface area contributed by atoms with E-state index in [4.69, 9.17) is 4.74 Å². The maximum absolute atomic E-state index is 12.3. The molecule has 2 N–H and O–H groups in total. The van der Waals surface area contributed by atoms with Crippen LogP contribution in [0.15, 0.2) is 35.7 Å². The Kier molecular flexibility index (Phi) is 4.92. The van der Waals surface area contributed by atoms with Crippen molar-refractivity contribution in [1.29, 1.82) is 0 Å². The van der Waals surface area contributed by atoms with E-state index in [1.807, 2.05) is 30.3 Å². The van der Waals surface area contributed by atoms with Gasteiger partial charge in [0, 0.05) is 30.7 Å². The molecule has 7 heteroatoms. The van der Waals surface area contributed by atoms with Gasteiger partial charge in [0.15, 0.2) is 0 Å². The highest BCUT2D eigenvalue weighted by Gasteiger charge is 2.40. The minimum absolute atomic E-state index is 0.0860. The van der Waals surface area contributed by atoms with Crippen molar-refractivity contribution in [2.75, 3.05) is 19.8 Å². The summed E-state index contributed by atoms with van der Waals surface area (Å²) in [6.45, 7) is 0.886. The van der Waals surface area contributed by atoms with E-state index in [9.17, 15) is 14.7 Å². The number of thiazole rings is 1. The topological polar surface area (TPSA) is 88.5 Å². The molecule has 3 rings (SSSR count). The van der Waals surface area contributed by atoms with Crippen LogP contribution in [0.3, 0.4) is 0 Å². The quantitative estimate of drug-likeness (QED) is 0.868. The summed E-state index contributed by atoms with van der Waals surface area (Å²) in [7, 11) is 0. The smallest absolute Gasteiger partial charge is 0.311 e. The fraction of sp³-hybridized carbons (Fsp3) is 0.353. The number of aromatic nitrogens is 1. The molecule has 0 radical (unpaired) electrons. The number of ether oxygens (including phenoxy) is 1. The molecular formula is C17H18N2O4S. The van der Waals surface area contributed by atoms with Gasteiger partial charge in [-0.25, -0.2) is 4.98 Å². The number of benzene rings is 1. The minimum atomic E-state index is -0.952. The van der Waals surface area contributed by atoms with Crippen molar-refractivity contribution in [3.05, 3.63) is 41.4 Å². The lowest BCUT2D eigenvalue weighted by Crippen LogP contribution is -2.46. The van der Waals surface area contributed by atoms with E-state index in [0.717, 1.165) is 10.6 Å². The zero-order valence-electron chi connectivity index (χ0n) is 13.0. The van der Waals surface area contributed by atoms with Crippen LogP contribution in [0, 0.1) is 5.41 Å². The summed E-state index contributed by atoms with van der Waals surface area (Å²) in [6.07, 6.45) is 0.796. The van der Waals surface area contributed by atoms with E-state index in [-0.39, 0.29) is 12.5 Å². The Balaban J connectivity index is 1.67. The van der Waals surface area contributed by atoms with Crippen molar-refractivity contribution in [3.8, 4) is 10.6 Å². The van der Waals surface area contributed by atoms with Crippen LogP contribution in [0.4, 0.5) is 0 Å². The fourth-order valence-electron chi connectivity index (χ4n) is 2.66.